The zero-order valence-corrected chi connectivity index (χ0v) is 28.0. The molecule has 1 unspecified atom stereocenters. The van der Waals surface area contributed by atoms with E-state index in [1.54, 1.807) is 6.92 Å². The summed E-state index contributed by atoms with van der Waals surface area (Å²) < 4.78 is 30.6. The third-order valence-electron chi connectivity index (χ3n) is 8.01. The first-order valence-electron chi connectivity index (χ1n) is 16.2. The molecule has 4 N–H and O–H groups in total. The van der Waals surface area contributed by atoms with Crippen molar-refractivity contribution in [1.29, 1.82) is 0 Å². The summed E-state index contributed by atoms with van der Waals surface area (Å²) in [4.78, 5) is 58.0. The molecule has 0 spiro atoms. The van der Waals surface area contributed by atoms with Gasteiger partial charge in [-0.15, -0.1) is 0 Å². The van der Waals surface area contributed by atoms with Crippen LogP contribution in [0.25, 0.3) is 12.2 Å². The van der Waals surface area contributed by atoms with Crippen LogP contribution in [0, 0.1) is 6.92 Å². The van der Waals surface area contributed by atoms with Gasteiger partial charge < -0.3 is 20.1 Å². The second-order valence-electron chi connectivity index (χ2n) is 11.8. The van der Waals surface area contributed by atoms with Gasteiger partial charge in [-0.2, -0.15) is 0 Å². The number of nitrogens with zero attached hydrogens (tertiary/aromatic N) is 1. The van der Waals surface area contributed by atoms with Gasteiger partial charge in [0.1, 0.15) is 5.75 Å². The molecule has 0 bridgehead atoms. The number of halogens is 1. The summed E-state index contributed by atoms with van der Waals surface area (Å²) in [5, 5.41) is 5.42. The van der Waals surface area contributed by atoms with Crippen molar-refractivity contribution >= 4 is 43.4 Å². The summed E-state index contributed by atoms with van der Waals surface area (Å²) in [5.74, 6) is -1.33. The fourth-order valence-corrected chi connectivity index (χ4v) is 5.93. The van der Waals surface area contributed by atoms with Crippen LogP contribution in [0.3, 0.4) is 0 Å². The van der Waals surface area contributed by atoms with E-state index in [0.29, 0.717) is 50.8 Å². The Labute approximate surface area is 280 Å². The molecule has 0 radical (unpaired) electrons. The monoisotopic (exact) mass is 679 g/mol. The highest BCUT2D eigenvalue weighted by molar-refractivity contribution is 7.46. The van der Waals surface area contributed by atoms with Crippen molar-refractivity contribution in [3.63, 3.8) is 0 Å². The van der Waals surface area contributed by atoms with E-state index in [0.717, 1.165) is 41.6 Å². The van der Waals surface area contributed by atoms with E-state index >= 15 is 0 Å². The van der Waals surface area contributed by atoms with Crippen molar-refractivity contribution in [2.45, 2.75) is 71.0 Å². The van der Waals surface area contributed by atoms with Gasteiger partial charge in [0.05, 0.1) is 12.2 Å². The van der Waals surface area contributed by atoms with E-state index in [1.807, 2.05) is 59.5 Å². The van der Waals surface area contributed by atoms with Gasteiger partial charge in [0, 0.05) is 31.5 Å². The summed E-state index contributed by atoms with van der Waals surface area (Å²) in [5.41, 5.74) is 4.40. The lowest BCUT2D eigenvalue weighted by atomic mass is 10.0. The molecule has 0 aromatic heterocycles. The van der Waals surface area contributed by atoms with Gasteiger partial charge in [-0.25, -0.2) is 8.96 Å². The van der Waals surface area contributed by atoms with Crippen LogP contribution in [-0.4, -0.2) is 40.6 Å². The number of hydrogen-bond donors (Lipinski definition) is 4. The highest BCUT2D eigenvalue weighted by Crippen LogP contribution is 2.41. The minimum absolute atomic E-state index is 0.0278. The Hall–Kier alpha value is -4.31. The number of alkyl halides is 1. The molecule has 12 heteroatoms. The Morgan fingerprint density at radius 1 is 0.854 bits per heavy atom. The number of phosphoric ester groups is 1. The maximum atomic E-state index is 14.9. The van der Waals surface area contributed by atoms with E-state index in [2.05, 4.69) is 21.2 Å². The zero-order valence-electron chi connectivity index (χ0n) is 27.1. The molecule has 10 nitrogen and oxygen atoms in total. The molecular weight excluding hydrogens is 636 g/mol. The van der Waals surface area contributed by atoms with Crippen LogP contribution in [0.2, 0.25) is 0 Å². The number of benzene rings is 3. The van der Waals surface area contributed by atoms with Gasteiger partial charge in [-0.3, -0.25) is 24.2 Å². The van der Waals surface area contributed by atoms with Crippen molar-refractivity contribution in [1.82, 2.24) is 10.6 Å². The molecule has 0 saturated carbocycles. The van der Waals surface area contributed by atoms with Crippen molar-refractivity contribution in [2.24, 2.45) is 0 Å². The van der Waals surface area contributed by atoms with E-state index < -0.39 is 19.9 Å². The summed E-state index contributed by atoms with van der Waals surface area (Å²) >= 11 is 0. The van der Waals surface area contributed by atoms with Gasteiger partial charge in [0.25, 0.3) is 5.91 Å². The number of hydrogen-bond acceptors (Lipinski definition) is 5. The predicted octanol–water partition coefficient (Wildman–Crippen LogP) is 6.55. The van der Waals surface area contributed by atoms with Crippen LogP contribution in [0.5, 0.6) is 5.75 Å². The first kappa shape index (κ1) is 36.5. The van der Waals surface area contributed by atoms with Gasteiger partial charge in [0.2, 0.25) is 18.0 Å². The maximum absolute atomic E-state index is 14.9. The summed E-state index contributed by atoms with van der Waals surface area (Å²) in [6.07, 6.45) is 6.79. The highest BCUT2D eigenvalue weighted by atomic mass is 31.2. The SMILES string of the molecule is Cc1ccc(OP(=O)(O)O)c(C(F)C(=O)NCCCCCCNC(=O)CCCCC(=O)N2Cc3ccccc3/C=C\c3ccccc32)c1. The molecule has 0 fully saturated rings. The van der Waals surface area contributed by atoms with Crippen LogP contribution in [0.1, 0.15) is 85.4 Å². The maximum Gasteiger partial charge on any atom is 0.524 e. The lowest BCUT2D eigenvalue weighted by molar-refractivity contribution is -0.126. The molecule has 0 aliphatic carbocycles. The number of nitrogens with one attached hydrogen (secondary N) is 2. The predicted molar refractivity (Wildman–Crippen MR) is 184 cm³/mol. The summed E-state index contributed by atoms with van der Waals surface area (Å²) in [6.45, 7) is 2.90. The molecule has 3 amide bonds. The number of aryl methyl sites for hydroxylation is 1. The third-order valence-corrected chi connectivity index (χ3v) is 8.44. The number of anilines is 1. The van der Waals surface area contributed by atoms with Crippen LogP contribution in [-0.2, 0) is 25.5 Å². The van der Waals surface area contributed by atoms with E-state index in [1.165, 1.54) is 18.2 Å². The Balaban J connectivity index is 1.09. The number of amides is 3. The molecule has 0 saturated heterocycles. The minimum Gasteiger partial charge on any atom is -0.404 e. The Bertz CT molecular complexity index is 1660. The second kappa shape index (κ2) is 17.7. The molecule has 48 heavy (non-hydrogen) atoms. The minimum atomic E-state index is -4.92. The molecule has 1 atom stereocenters. The van der Waals surface area contributed by atoms with Crippen molar-refractivity contribution < 1.29 is 37.6 Å². The lowest BCUT2D eigenvalue weighted by Gasteiger charge is -2.27. The van der Waals surface area contributed by atoms with Crippen molar-refractivity contribution in [2.75, 3.05) is 18.0 Å². The van der Waals surface area contributed by atoms with E-state index in [4.69, 9.17) is 9.79 Å². The van der Waals surface area contributed by atoms with Crippen LogP contribution in [0.15, 0.2) is 66.7 Å². The summed E-state index contributed by atoms with van der Waals surface area (Å²) in [7, 11) is -4.92. The van der Waals surface area contributed by atoms with Gasteiger partial charge >= 0.3 is 7.82 Å². The molecule has 1 aliphatic heterocycles. The number of fused-ring (bicyclic) bond motifs is 2. The number of phosphoric acid groups is 1. The Morgan fingerprint density at radius 3 is 2.25 bits per heavy atom. The summed E-state index contributed by atoms with van der Waals surface area (Å²) in [6, 6.07) is 20.0. The fraction of sp³-hybridized carbons (Fsp3) is 0.361. The molecule has 1 heterocycles. The van der Waals surface area contributed by atoms with Crippen molar-refractivity contribution in [3.8, 4) is 5.75 Å². The Kier molecular flexibility index (Phi) is 13.5. The quantitative estimate of drug-likeness (QED) is 0.0993. The standard InChI is InChI=1S/C36H43FN3O7P/c1-26-18-21-32(47-48(44,45)46)30(24-26)35(37)36(43)39-23-11-3-2-10-22-38-33(41)16-8-9-17-34(42)40-25-29-14-5-4-12-27(29)19-20-28-13-6-7-15-31(28)40/h4-7,12-15,18-21,24,35H,2-3,8-11,16-17,22-23,25H2,1H3,(H,38,41)(H,39,43)(H2,44,45,46)/b20-19-. The topological polar surface area (TPSA) is 145 Å². The largest absolute Gasteiger partial charge is 0.524 e. The number of para-hydroxylation sites is 1. The average Bonchev–Trinajstić information content (AvgIpc) is 3.05. The molecular formula is C36H43FN3O7P. The van der Waals surface area contributed by atoms with Crippen LogP contribution < -0.4 is 20.1 Å². The molecule has 4 rings (SSSR count). The molecule has 3 aromatic carbocycles. The van der Waals surface area contributed by atoms with E-state index in [-0.39, 0.29) is 29.7 Å². The van der Waals surface area contributed by atoms with Gasteiger partial charge in [0.15, 0.2) is 0 Å². The van der Waals surface area contributed by atoms with E-state index in [9.17, 15) is 23.3 Å². The number of carbonyl (C=O) groups excluding carboxylic acids is 3. The van der Waals surface area contributed by atoms with Crippen LogP contribution >= 0.6 is 7.82 Å². The van der Waals surface area contributed by atoms with Crippen LogP contribution in [0.4, 0.5) is 10.1 Å². The molecule has 256 valence electrons. The fourth-order valence-electron chi connectivity index (χ4n) is 5.51. The van der Waals surface area contributed by atoms with Gasteiger partial charge in [-0.05, 0) is 67.5 Å². The zero-order chi connectivity index (χ0) is 34.5. The average molecular weight is 680 g/mol. The Morgan fingerprint density at radius 2 is 1.50 bits per heavy atom. The number of carbonyl (C=O) groups is 3. The molecule has 1 aliphatic rings. The first-order chi connectivity index (χ1) is 23.0. The first-order valence-corrected chi connectivity index (χ1v) is 17.7. The molecule has 3 aromatic rings. The number of rotatable bonds is 16. The van der Waals surface area contributed by atoms with Gasteiger partial charge in [-0.1, -0.05) is 79.1 Å². The lowest BCUT2D eigenvalue weighted by Crippen LogP contribution is -2.31. The smallest absolute Gasteiger partial charge is 0.404 e. The second-order valence-corrected chi connectivity index (χ2v) is 13.0. The van der Waals surface area contributed by atoms with Crippen molar-refractivity contribution in [3.05, 3.63) is 94.5 Å². The normalized spacial score (nSPS) is 13.7. The highest BCUT2D eigenvalue weighted by Gasteiger charge is 2.27. The number of unbranched alkanes of at least 4 members (excludes halogenated alkanes) is 4. The third kappa shape index (κ3) is 11.1.